The molecule has 0 radical (unpaired) electrons. The van der Waals surface area contributed by atoms with E-state index in [0.29, 0.717) is 18.6 Å². The predicted octanol–water partition coefficient (Wildman–Crippen LogP) is 0.729. The second-order valence-corrected chi connectivity index (χ2v) is 5.33. The van der Waals surface area contributed by atoms with Crippen LogP contribution in [-0.4, -0.2) is 49.1 Å². The smallest absolute Gasteiger partial charge is 0.234 e. The Bertz CT molecular complexity index is 247. The van der Waals surface area contributed by atoms with Crippen LogP contribution >= 0.6 is 0 Å². The molecule has 17 heavy (non-hydrogen) atoms. The molecular weight excluding hydrogens is 214 g/mol. The molecule has 1 aliphatic heterocycles. The van der Waals surface area contributed by atoms with Gasteiger partial charge in [-0.2, -0.15) is 0 Å². The van der Waals surface area contributed by atoms with Crippen LogP contribution in [0.1, 0.15) is 39.0 Å². The van der Waals surface area contributed by atoms with Crippen molar-refractivity contribution in [3.63, 3.8) is 0 Å². The van der Waals surface area contributed by atoms with Crippen LogP contribution in [0.15, 0.2) is 0 Å². The number of carbonyl (C=O) groups is 1. The van der Waals surface area contributed by atoms with E-state index >= 15 is 0 Å². The highest BCUT2D eigenvalue weighted by Crippen LogP contribution is 2.17. The minimum Gasteiger partial charge on any atom is -0.352 e. The van der Waals surface area contributed by atoms with Crippen LogP contribution in [0.2, 0.25) is 0 Å². The Labute approximate surface area is 104 Å². The van der Waals surface area contributed by atoms with E-state index in [9.17, 15) is 4.79 Å². The molecule has 1 heterocycles. The molecular formula is C13H25N3O. The van der Waals surface area contributed by atoms with Gasteiger partial charge in [0.2, 0.25) is 5.91 Å². The first-order chi connectivity index (χ1) is 8.29. The van der Waals surface area contributed by atoms with Gasteiger partial charge in [0.15, 0.2) is 0 Å². The standard InChI is InChI=1S/C13H25N3O/c1-2-7-16(12-8-14-9-12)10-13(17)15-11-5-3-4-6-11/h11-12,14H,2-10H2,1H3,(H,15,17). The van der Waals surface area contributed by atoms with Crippen molar-refractivity contribution in [2.24, 2.45) is 0 Å². The average Bonchev–Trinajstić information content (AvgIpc) is 2.67. The van der Waals surface area contributed by atoms with Gasteiger partial charge in [-0.1, -0.05) is 19.8 Å². The number of nitrogens with zero attached hydrogens (tertiary/aromatic N) is 1. The SMILES string of the molecule is CCCN(CC(=O)NC1CCCC1)C1CNC1. The first-order valence-electron chi connectivity index (χ1n) is 7.03. The topological polar surface area (TPSA) is 44.4 Å². The minimum absolute atomic E-state index is 0.220. The Kier molecular flexibility index (Phi) is 4.80. The monoisotopic (exact) mass is 239 g/mol. The van der Waals surface area contributed by atoms with Gasteiger partial charge in [0.1, 0.15) is 0 Å². The van der Waals surface area contributed by atoms with Crippen LogP contribution in [-0.2, 0) is 4.79 Å². The van der Waals surface area contributed by atoms with Gasteiger partial charge in [-0.15, -0.1) is 0 Å². The fourth-order valence-corrected chi connectivity index (χ4v) is 2.74. The number of carbonyl (C=O) groups excluding carboxylic acids is 1. The van der Waals surface area contributed by atoms with Crippen LogP contribution in [0.25, 0.3) is 0 Å². The number of rotatable bonds is 6. The highest BCUT2D eigenvalue weighted by Gasteiger charge is 2.26. The van der Waals surface area contributed by atoms with Crippen molar-refractivity contribution in [2.75, 3.05) is 26.2 Å². The third-order valence-electron chi connectivity index (χ3n) is 3.85. The molecule has 4 nitrogen and oxygen atoms in total. The summed E-state index contributed by atoms with van der Waals surface area (Å²) in [6, 6.07) is 1.02. The first kappa shape index (κ1) is 12.8. The van der Waals surface area contributed by atoms with Crippen molar-refractivity contribution in [3.05, 3.63) is 0 Å². The molecule has 0 unspecified atom stereocenters. The molecule has 0 aromatic carbocycles. The summed E-state index contributed by atoms with van der Waals surface area (Å²) in [7, 11) is 0. The number of hydrogen-bond acceptors (Lipinski definition) is 3. The molecule has 2 fully saturated rings. The lowest BCUT2D eigenvalue weighted by Crippen LogP contribution is -2.59. The lowest BCUT2D eigenvalue weighted by Gasteiger charge is -2.37. The van der Waals surface area contributed by atoms with E-state index in [1.165, 1.54) is 25.7 Å². The van der Waals surface area contributed by atoms with Crippen molar-refractivity contribution in [1.29, 1.82) is 0 Å². The van der Waals surface area contributed by atoms with Crippen molar-refractivity contribution < 1.29 is 4.79 Å². The molecule has 1 amide bonds. The van der Waals surface area contributed by atoms with Crippen LogP contribution < -0.4 is 10.6 Å². The van der Waals surface area contributed by atoms with Crippen LogP contribution in [0.4, 0.5) is 0 Å². The molecule has 2 rings (SSSR count). The van der Waals surface area contributed by atoms with E-state index in [1.54, 1.807) is 0 Å². The molecule has 2 aliphatic rings. The van der Waals surface area contributed by atoms with Gasteiger partial charge in [-0.3, -0.25) is 9.69 Å². The predicted molar refractivity (Wildman–Crippen MR) is 68.9 cm³/mol. The van der Waals surface area contributed by atoms with Crippen LogP contribution in [0.3, 0.4) is 0 Å². The maximum absolute atomic E-state index is 12.0. The average molecular weight is 239 g/mol. The number of nitrogens with one attached hydrogen (secondary N) is 2. The zero-order chi connectivity index (χ0) is 12.1. The zero-order valence-electron chi connectivity index (χ0n) is 10.9. The lowest BCUT2D eigenvalue weighted by molar-refractivity contribution is -0.123. The molecule has 0 bridgehead atoms. The molecule has 1 aliphatic carbocycles. The van der Waals surface area contributed by atoms with Gasteiger partial charge >= 0.3 is 0 Å². The zero-order valence-corrected chi connectivity index (χ0v) is 10.9. The van der Waals surface area contributed by atoms with Crippen molar-refractivity contribution in [2.45, 2.75) is 51.1 Å². The minimum atomic E-state index is 0.220. The summed E-state index contributed by atoms with van der Waals surface area (Å²) in [5, 5.41) is 6.44. The lowest BCUT2D eigenvalue weighted by atomic mass is 10.1. The number of amides is 1. The Morgan fingerprint density at radius 2 is 2.06 bits per heavy atom. The molecule has 0 atom stereocenters. The highest BCUT2D eigenvalue weighted by atomic mass is 16.2. The van der Waals surface area contributed by atoms with E-state index < -0.39 is 0 Å². The highest BCUT2D eigenvalue weighted by molar-refractivity contribution is 5.78. The quantitative estimate of drug-likeness (QED) is 0.718. The third-order valence-corrected chi connectivity index (χ3v) is 3.85. The molecule has 0 aromatic rings. The summed E-state index contributed by atoms with van der Waals surface area (Å²) in [6.07, 6.45) is 6.01. The molecule has 0 spiro atoms. The van der Waals surface area contributed by atoms with E-state index in [4.69, 9.17) is 0 Å². The van der Waals surface area contributed by atoms with Gasteiger partial charge in [0.25, 0.3) is 0 Å². The third kappa shape index (κ3) is 3.68. The molecule has 1 saturated carbocycles. The molecule has 98 valence electrons. The first-order valence-corrected chi connectivity index (χ1v) is 7.03. The van der Waals surface area contributed by atoms with Gasteiger partial charge < -0.3 is 10.6 Å². The maximum atomic E-state index is 12.0. The molecule has 2 N–H and O–H groups in total. The second-order valence-electron chi connectivity index (χ2n) is 5.33. The van der Waals surface area contributed by atoms with Gasteiger partial charge in [-0.25, -0.2) is 0 Å². The Hall–Kier alpha value is -0.610. The summed E-state index contributed by atoms with van der Waals surface area (Å²) in [5.41, 5.74) is 0. The summed E-state index contributed by atoms with van der Waals surface area (Å²) in [4.78, 5) is 14.3. The fraction of sp³-hybridized carbons (Fsp3) is 0.923. The van der Waals surface area contributed by atoms with Gasteiger partial charge in [-0.05, 0) is 25.8 Å². The second kappa shape index (κ2) is 6.36. The molecule has 1 saturated heterocycles. The number of hydrogen-bond donors (Lipinski definition) is 2. The summed E-state index contributed by atoms with van der Waals surface area (Å²) in [5.74, 6) is 0.220. The maximum Gasteiger partial charge on any atom is 0.234 e. The Morgan fingerprint density at radius 3 is 2.59 bits per heavy atom. The normalized spacial score (nSPS) is 21.8. The largest absolute Gasteiger partial charge is 0.352 e. The van der Waals surface area contributed by atoms with E-state index in [2.05, 4.69) is 22.5 Å². The fourth-order valence-electron chi connectivity index (χ4n) is 2.74. The van der Waals surface area contributed by atoms with Crippen LogP contribution in [0, 0.1) is 0 Å². The van der Waals surface area contributed by atoms with E-state index in [1.807, 2.05) is 0 Å². The van der Waals surface area contributed by atoms with Crippen molar-refractivity contribution in [3.8, 4) is 0 Å². The molecule has 0 aromatic heterocycles. The van der Waals surface area contributed by atoms with Gasteiger partial charge in [0.05, 0.1) is 6.54 Å². The summed E-state index contributed by atoms with van der Waals surface area (Å²) >= 11 is 0. The summed E-state index contributed by atoms with van der Waals surface area (Å²) in [6.45, 7) is 5.86. The van der Waals surface area contributed by atoms with E-state index in [-0.39, 0.29) is 5.91 Å². The summed E-state index contributed by atoms with van der Waals surface area (Å²) < 4.78 is 0. The Morgan fingerprint density at radius 1 is 1.35 bits per heavy atom. The Balaban J connectivity index is 1.73. The van der Waals surface area contributed by atoms with Crippen LogP contribution in [0.5, 0.6) is 0 Å². The molecule has 4 heteroatoms. The van der Waals surface area contributed by atoms with E-state index in [0.717, 1.165) is 26.1 Å². The van der Waals surface area contributed by atoms with Crippen molar-refractivity contribution in [1.82, 2.24) is 15.5 Å². The van der Waals surface area contributed by atoms with Crippen molar-refractivity contribution >= 4 is 5.91 Å². The van der Waals surface area contributed by atoms with Gasteiger partial charge in [0, 0.05) is 25.2 Å².